The van der Waals surface area contributed by atoms with E-state index in [4.69, 9.17) is 17.7 Å². The van der Waals surface area contributed by atoms with Gasteiger partial charge in [0.2, 0.25) is 5.92 Å². The predicted octanol–water partition coefficient (Wildman–Crippen LogP) is 3.46. The van der Waals surface area contributed by atoms with Crippen molar-refractivity contribution >= 4 is 23.4 Å². The minimum Gasteiger partial charge on any atom is -0.465 e. The summed E-state index contributed by atoms with van der Waals surface area (Å²) in [5.41, 5.74) is 0.440. The van der Waals surface area contributed by atoms with E-state index < -0.39 is 11.9 Å². The maximum Gasteiger partial charge on any atom is 0.341 e. The van der Waals surface area contributed by atoms with E-state index in [1.54, 1.807) is 4.90 Å². The van der Waals surface area contributed by atoms with Crippen molar-refractivity contribution in [3.8, 4) is 0 Å². The van der Waals surface area contributed by atoms with Crippen LogP contribution in [0.25, 0.3) is 0 Å². The lowest BCUT2D eigenvalue weighted by Gasteiger charge is -2.24. The monoisotopic (exact) mass is 319 g/mol. The van der Waals surface area contributed by atoms with Gasteiger partial charge in [-0.25, -0.2) is 18.6 Å². The van der Waals surface area contributed by atoms with Gasteiger partial charge in [0.05, 0.1) is 17.8 Å². The lowest BCUT2D eigenvalue weighted by molar-refractivity contribution is -0.0102. The van der Waals surface area contributed by atoms with Crippen LogP contribution in [0.1, 0.15) is 36.7 Å². The molecule has 0 aliphatic carbocycles. The van der Waals surface area contributed by atoms with Crippen LogP contribution in [0.2, 0.25) is 5.02 Å². The SMILES string of the molecule is [2H]Cc1nc(N2CCCC(F)(F)CC2)c(C(=O)OC)cc1Cl. The van der Waals surface area contributed by atoms with Crippen molar-refractivity contribution in [2.24, 2.45) is 0 Å². The summed E-state index contributed by atoms with van der Waals surface area (Å²) >= 11 is 5.99. The molecule has 0 N–H and O–H groups in total. The zero-order chi connectivity index (χ0) is 16.3. The van der Waals surface area contributed by atoms with Gasteiger partial charge in [-0.1, -0.05) is 11.6 Å². The summed E-state index contributed by atoms with van der Waals surface area (Å²) in [5, 5.41) is 0.194. The molecule has 0 radical (unpaired) electrons. The van der Waals surface area contributed by atoms with Crippen molar-refractivity contribution in [2.75, 3.05) is 25.1 Å². The van der Waals surface area contributed by atoms with E-state index in [-0.39, 0.29) is 42.7 Å². The number of rotatable bonds is 2. The molecule has 0 saturated carbocycles. The molecule has 1 aliphatic rings. The van der Waals surface area contributed by atoms with Crippen molar-refractivity contribution in [1.82, 2.24) is 4.98 Å². The molecule has 4 nitrogen and oxygen atoms in total. The zero-order valence-electron chi connectivity index (χ0n) is 12.7. The Kier molecular flexibility index (Phi) is 4.24. The summed E-state index contributed by atoms with van der Waals surface area (Å²) in [7, 11) is 1.23. The first kappa shape index (κ1) is 14.5. The topological polar surface area (TPSA) is 42.4 Å². The van der Waals surface area contributed by atoms with Gasteiger partial charge in [0.15, 0.2) is 0 Å². The highest BCUT2D eigenvalue weighted by atomic mass is 35.5. The molecule has 0 amide bonds. The molecule has 7 heteroatoms. The number of ether oxygens (including phenoxy) is 1. The number of hydrogen-bond donors (Lipinski definition) is 0. The van der Waals surface area contributed by atoms with Crippen LogP contribution in [0.3, 0.4) is 0 Å². The van der Waals surface area contributed by atoms with Gasteiger partial charge in [-0.3, -0.25) is 0 Å². The van der Waals surface area contributed by atoms with Crippen LogP contribution in [0.15, 0.2) is 6.07 Å². The number of aryl methyl sites for hydroxylation is 1. The number of pyridine rings is 1. The van der Waals surface area contributed by atoms with Crippen LogP contribution in [-0.2, 0) is 4.74 Å². The maximum absolute atomic E-state index is 13.5. The van der Waals surface area contributed by atoms with E-state index in [9.17, 15) is 13.6 Å². The Morgan fingerprint density at radius 2 is 2.29 bits per heavy atom. The number of esters is 1. The largest absolute Gasteiger partial charge is 0.465 e. The first-order valence-electron chi connectivity index (χ1n) is 7.28. The molecule has 2 heterocycles. The van der Waals surface area contributed by atoms with Gasteiger partial charge in [0, 0.05) is 27.3 Å². The van der Waals surface area contributed by atoms with Gasteiger partial charge in [0.1, 0.15) is 11.4 Å². The standard InChI is InChI=1S/C14H17ClF2N2O2/c1-9-11(15)8-10(13(20)21-2)12(18-9)19-6-3-4-14(16,17)5-7-19/h8H,3-7H2,1-2H3/i1D. The summed E-state index contributed by atoms with van der Waals surface area (Å²) in [4.78, 5) is 17.8. The molecule has 0 bridgehead atoms. The predicted molar refractivity (Wildman–Crippen MR) is 76.3 cm³/mol. The number of anilines is 1. The Labute approximate surface area is 128 Å². The summed E-state index contributed by atoms with van der Waals surface area (Å²) in [6.07, 6.45) is -0.182. The average molecular weight is 320 g/mol. The second-order valence-corrected chi connectivity index (χ2v) is 5.38. The third-order valence-electron chi connectivity index (χ3n) is 3.45. The highest BCUT2D eigenvalue weighted by molar-refractivity contribution is 6.31. The summed E-state index contributed by atoms with van der Waals surface area (Å²) in [6, 6.07) is 1.39. The quantitative estimate of drug-likeness (QED) is 0.783. The first-order valence-corrected chi connectivity index (χ1v) is 6.95. The molecule has 0 atom stereocenters. The van der Waals surface area contributed by atoms with E-state index >= 15 is 0 Å². The van der Waals surface area contributed by atoms with Crippen LogP contribution in [0.5, 0.6) is 0 Å². The molecule has 116 valence electrons. The lowest BCUT2D eigenvalue weighted by atomic mass is 10.1. The Morgan fingerprint density at radius 1 is 1.52 bits per heavy atom. The van der Waals surface area contributed by atoms with E-state index in [1.807, 2.05) is 0 Å². The van der Waals surface area contributed by atoms with Crippen LogP contribution in [0.4, 0.5) is 14.6 Å². The van der Waals surface area contributed by atoms with E-state index in [0.29, 0.717) is 18.7 Å². The number of hydrogen-bond acceptors (Lipinski definition) is 4. The third kappa shape index (κ3) is 3.61. The molecule has 1 aliphatic heterocycles. The fraction of sp³-hybridized carbons (Fsp3) is 0.571. The van der Waals surface area contributed by atoms with Crippen LogP contribution >= 0.6 is 11.6 Å². The maximum atomic E-state index is 13.5. The van der Waals surface area contributed by atoms with Crippen molar-refractivity contribution < 1.29 is 19.7 Å². The minimum absolute atomic E-state index is 0.0864. The number of methoxy groups -OCH3 is 1. The van der Waals surface area contributed by atoms with Crippen molar-refractivity contribution in [2.45, 2.75) is 32.1 Å². The number of nitrogens with zero attached hydrogens (tertiary/aromatic N) is 2. The second-order valence-electron chi connectivity index (χ2n) is 4.98. The van der Waals surface area contributed by atoms with Crippen LogP contribution in [-0.4, -0.2) is 37.1 Å². The molecular weight excluding hydrogens is 302 g/mol. The molecule has 2 rings (SSSR count). The van der Waals surface area contributed by atoms with Crippen molar-refractivity contribution in [3.63, 3.8) is 0 Å². The number of carbonyl (C=O) groups is 1. The molecule has 1 aromatic heterocycles. The van der Waals surface area contributed by atoms with E-state index in [2.05, 4.69) is 4.98 Å². The number of aromatic nitrogens is 1. The third-order valence-corrected chi connectivity index (χ3v) is 3.78. The molecule has 0 aromatic carbocycles. The molecule has 1 fully saturated rings. The van der Waals surface area contributed by atoms with Gasteiger partial charge in [-0.15, -0.1) is 0 Å². The van der Waals surface area contributed by atoms with Gasteiger partial charge >= 0.3 is 5.97 Å². The number of carbonyl (C=O) groups excluding carboxylic acids is 1. The Balaban J connectivity index is 2.41. The van der Waals surface area contributed by atoms with Crippen LogP contribution in [0, 0.1) is 6.90 Å². The van der Waals surface area contributed by atoms with Gasteiger partial charge in [-0.2, -0.15) is 0 Å². The summed E-state index contributed by atoms with van der Waals surface area (Å²) in [6.45, 7) is 0.298. The van der Waals surface area contributed by atoms with Crippen molar-refractivity contribution in [1.29, 1.82) is 0 Å². The minimum atomic E-state index is -2.70. The second kappa shape index (κ2) is 6.13. The Hall–Kier alpha value is -1.43. The fourth-order valence-corrected chi connectivity index (χ4v) is 2.44. The zero-order valence-corrected chi connectivity index (χ0v) is 12.4. The first-order chi connectivity index (χ1) is 10.4. The molecule has 0 spiro atoms. The van der Waals surface area contributed by atoms with Crippen molar-refractivity contribution in [3.05, 3.63) is 22.3 Å². The normalized spacial score (nSPS) is 18.9. The molecule has 21 heavy (non-hydrogen) atoms. The average Bonchev–Trinajstić information content (AvgIpc) is 2.67. The lowest BCUT2D eigenvalue weighted by Crippen LogP contribution is -2.29. The highest BCUT2D eigenvalue weighted by Gasteiger charge is 2.33. The van der Waals surface area contributed by atoms with Gasteiger partial charge in [0.25, 0.3) is 0 Å². The molecule has 1 saturated heterocycles. The highest BCUT2D eigenvalue weighted by Crippen LogP contribution is 2.32. The van der Waals surface area contributed by atoms with E-state index in [1.165, 1.54) is 13.2 Å². The number of halogens is 3. The molecular formula is C14H17ClF2N2O2. The molecule has 1 aromatic rings. The summed E-state index contributed by atoms with van der Waals surface area (Å²) < 4.78 is 39.1. The smallest absolute Gasteiger partial charge is 0.341 e. The number of alkyl halides is 2. The van der Waals surface area contributed by atoms with Crippen LogP contribution < -0.4 is 4.90 Å². The Bertz CT molecular complexity index is 572. The Morgan fingerprint density at radius 3 is 2.95 bits per heavy atom. The van der Waals surface area contributed by atoms with Gasteiger partial charge in [-0.05, 0) is 19.4 Å². The van der Waals surface area contributed by atoms with E-state index in [0.717, 1.165) is 0 Å². The summed E-state index contributed by atoms with van der Waals surface area (Å²) in [5.74, 6) is -3.07. The molecule has 0 unspecified atom stereocenters. The fourth-order valence-electron chi connectivity index (χ4n) is 2.29. The van der Waals surface area contributed by atoms with Gasteiger partial charge < -0.3 is 9.64 Å².